The molecule has 0 bridgehead atoms. The number of carbonyl (C=O) groups excluding carboxylic acids is 1. The standard InChI is InChI=1S/C17H17Cl2NO7S/c1-24-11-5-6-14(16(19)15(11)18)28(22,23)20-10-8-13(26-3)12(25-2)7-9(10)17(21)27-4/h5-8,20H,1-4H3. The lowest BCUT2D eigenvalue weighted by atomic mass is 10.1. The second kappa shape index (κ2) is 8.76. The predicted octanol–water partition coefficient (Wildman–Crippen LogP) is 3.61. The summed E-state index contributed by atoms with van der Waals surface area (Å²) in [6, 6.07) is 5.18. The van der Waals surface area contributed by atoms with Gasteiger partial charge in [-0.05, 0) is 12.1 Å². The van der Waals surface area contributed by atoms with E-state index in [0.717, 1.165) is 7.11 Å². The molecule has 0 atom stereocenters. The Hall–Kier alpha value is -2.36. The number of benzene rings is 2. The molecule has 0 fully saturated rings. The Kier molecular flexibility index (Phi) is 6.87. The van der Waals surface area contributed by atoms with Crippen LogP contribution in [0.1, 0.15) is 10.4 Å². The normalized spacial score (nSPS) is 10.9. The number of sulfonamides is 1. The van der Waals surface area contributed by atoms with Crippen LogP contribution in [0.4, 0.5) is 5.69 Å². The molecule has 0 aromatic heterocycles. The summed E-state index contributed by atoms with van der Waals surface area (Å²) in [5, 5.41) is -0.291. The Morgan fingerprint density at radius 3 is 2.00 bits per heavy atom. The quantitative estimate of drug-likeness (QED) is 0.644. The molecule has 0 radical (unpaired) electrons. The SMILES string of the molecule is COC(=O)c1cc(OC)c(OC)cc1NS(=O)(=O)c1ccc(OC)c(Cl)c1Cl. The molecular weight excluding hydrogens is 433 g/mol. The zero-order chi connectivity index (χ0) is 21.1. The summed E-state index contributed by atoms with van der Waals surface area (Å²) in [5.41, 5.74) is -0.174. The van der Waals surface area contributed by atoms with E-state index in [1.165, 1.54) is 45.6 Å². The van der Waals surface area contributed by atoms with E-state index in [1.807, 2.05) is 0 Å². The van der Waals surface area contributed by atoms with Gasteiger partial charge in [-0.3, -0.25) is 4.72 Å². The van der Waals surface area contributed by atoms with Crippen LogP contribution in [0.15, 0.2) is 29.2 Å². The van der Waals surface area contributed by atoms with Gasteiger partial charge in [0.2, 0.25) is 0 Å². The maximum Gasteiger partial charge on any atom is 0.340 e. The van der Waals surface area contributed by atoms with Crippen LogP contribution < -0.4 is 18.9 Å². The summed E-state index contributed by atoms with van der Waals surface area (Å²) in [4.78, 5) is 11.8. The molecule has 1 N–H and O–H groups in total. The largest absolute Gasteiger partial charge is 0.495 e. The van der Waals surface area contributed by atoms with Crippen molar-refractivity contribution in [2.45, 2.75) is 4.90 Å². The highest BCUT2D eigenvalue weighted by molar-refractivity contribution is 7.92. The number of nitrogens with one attached hydrogen (secondary N) is 1. The number of ether oxygens (including phenoxy) is 4. The fourth-order valence-corrected chi connectivity index (χ4v) is 4.23. The molecule has 2 rings (SSSR count). The maximum atomic E-state index is 12.9. The third-order valence-electron chi connectivity index (χ3n) is 3.69. The molecule has 2 aromatic carbocycles. The van der Waals surface area contributed by atoms with Crippen LogP contribution in [-0.4, -0.2) is 42.8 Å². The number of esters is 1. The van der Waals surface area contributed by atoms with Gasteiger partial charge in [-0.15, -0.1) is 0 Å². The van der Waals surface area contributed by atoms with Gasteiger partial charge in [-0.25, -0.2) is 13.2 Å². The van der Waals surface area contributed by atoms with Gasteiger partial charge in [-0.1, -0.05) is 23.2 Å². The molecule has 11 heteroatoms. The molecule has 0 unspecified atom stereocenters. The number of rotatable bonds is 7. The minimum atomic E-state index is -4.23. The Labute approximate surface area is 172 Å². The van der Waals surface area contributed by atoms with Gasteiger partial charge in [0, 0.05) is 12.1 Å². The molecule has 152 valence electrons. The van der Waals surface area contributed by atoms with E-state index in [2.05, 4.69) is 4.72 Å². The van der Waals surface area contributed by atoms with E-state index in [4.69, 9.17) is 42.1 Å². The van der Waals surface area contributed by atoms with Gasteiger partial charge >= 0.3 is 5.97 Å². The Morgan fingerprint density at radius 1 is 0.893 bits per heavy atom. The van der Waals surface area contributed by atoms with Crippen molar-refractivity contribution in [1.29, 1.82) is 0 Å². The van der Waals surface area contributed by atoms with Gasteiger partial charge in [0.05, 0.1) is 44.7 Å². The van der Waals surface area contributed by atoms with Crippen molar-refractivity contribution in [1.82, 2.24) is 0 Å². The van der Waals surface area contributed by atoms with Crippen molar-refractivity contribution in [3.05, 3.63) is 39.9 Å². The Balaban J connectivity index is 2.60. The third kappa shape index (κ3) is 4.21. The topological polar surface area (TPSA) is 100 Å². The van der Waals surface area contributed by atoms with Gasteiger partial charge in [-0.2, -0.15) is 0 Å². The molecular formula is C17H17Cl2NO7S. The van der Waals surface area contributed by atoms with Gasteiger partial charge < -0.3 is 18.9 Å². The fourth-order valence-electron chi connectivity index (χ4n) is 2.32. The van der Waals surface area contributed by atoms with E-state index in [1.54, 1.807) is 0 Å². The molecule has 0 heterocycles. The second-order valence-electron chi connectivity index (χ2n) is 5.24. The summed E-state index contributed by atoms with van der Waals surface area (Å²) in [6.45, 7) is 0. The Bertz CT molecular complexity index is 1010. The highest BCUT2D eigenvalue weighted by atomic mass is 35.5. The molecule has 0 aliphatic heterocycles. The average Bonchev–Trinajstić information content (AvgIpc) is 2.68. The monoisotopic (exact) mass is 449 g/mol. The van der Waals surface area contributed by atoms with Crippen molar-refractivity contribution in [3.8, 4) is 17.2 Å². The third-order valence-corrected chi connectivity index (χ3v) is 6.08. The van der Waals surface area contributed by atoms with E-state index in [-0.39, 0.29) is 43.4 Å². The lowest BCUT2D eigenvalue weighted by molar-refractivity contribution is 0.0601. The summed E-state index contributed by atoms with van der Waals surface area (Å²) >= 11 is 12.1. The smallest absolute Gasteiger partial charge is 0.340 e. The van der Waals surface area contributed by atoms with Crippen LogP contribution >= 0.6 is 23.2 Å². The lowest BCUT2D eigenvalue weighted by Gasteiger charge is -2.16. The number of methoxy groups -OCH3 is 4. The highest BCUT2D eigenvalue weighted by Crippen LogP contribution is 2.39. The van der Waals surface area contributed by atoms with Crippen molar-refractivity contribution in [2.24, 2.45) is 0 Å². The summed E-state index contributed by atoms with van der Waals surface area (Å²) in [5.74, 6) is -0.146. The van der Waals surface area contributed by atoms with Gasteiger partial charge in [0.25, 0.3) is 10.0 Å². The van der Waals surface area contributed by atoms with Gasteiger partial charge in [0.15, 0.2) is 11.5 Å². The summed E-state index contributed by atoms with van der Waals surface area (Å²) < 4.78 is 48.1. The van der Waals surface area contributed by atoms with Crippen LogP contribution in [0.3, 0.4) is 0 Å². The first kappa shape index (κ1) is 21.9. The van der Waals surface area contributed by atoms with Crippen LogP contribution in [-0.2, 0) is 14.8 Å². The molecule has 0 amide bonds. The molecule has 28 heavy (non-hydrogen) atoms. The summed E-state index contributed by atoms with van der Waals surface area (Å²) in [6.07, 6.45) is 0. The first-order valence-corrected chi connectivity index (χ1v) is 9.83. The van der Waals surface area contributed by atoms with E-state index in [9.17, 15) is 13.2 Å². The first-order valence-electron chi connectivity index (χ1n) is 7.59. The first-order chi connectivity index (χ1) is 13.2. The van der Waals surface area contributed by atoms with E-state index in [0.29, 0.717) is 0 Å². The molecule has 8 nitrogen and oxygen atoms in total. The minimum Gasteiger partial charge on any atom is -0.495 e. The number of hydrogen-bond donors (Lipinski definition) is 1. The Morgan fingerprint density at radius 2 is 1.46 bits per heavy atom. The van der Waals surface area contributed by atoms with Crippen LogP contribution in [0.5, 0.6) is 17.2 Å². The number of carbonyl (C=O) groups is 1. The number of hydrogen-bond acceptors (Lipinski definition) is 7. The zero-order valence-corrected chi connectivity index (χ0v) is 17.7. The molecule has 0 aliphatic carbocycles. The number of anilines is 1. The molecule has 0 aliphatic rings. The lowest BCUT2D eigenvalue weighted by Crippen LogP contribution is -2.17. The molecule has 0 saturated carbocycles. The maximum absolute atomic E-state index is 12.9. The number of halogens is 2. The van der Waals surface area contributed by atoms with Crippen molar-refractivity contribution >= 4 is 44.9 Å². The molecule has 0 saturated heterocycles. The fraction of sp³-hybridized carbons (Fsp3) is 0.235. The van der Waals surface area contributed by atoms with E-state index < -0.39 is 16.0 Å². The molecule has 2 aromatic rings. The van der Waals surface area contributed by atoms with Crippen molar-refractivity contribution in [3.63, 3.8) is 0 Å². The zero-order valence-electron chi connectivity index (χ0n) is 15.3. The van der Waals surface area contributed by atoms with Crippen LogP contribution in [0.25, 0.3) is 0 Å². The second-order valence-corrected chi connectivity index (χ2v) is 7.65. The van der Waals surface area contributed by atoms with Gasteiger partial charge in [0.1, 0.15) is 15.7 Å². The predicted molar refractivity (Wildman–Crippen MR) is 105 cm³/mol. The van der Waals surface area contributed by atoms with Crippen LogP contribution in [0, 0.1) is 0 Å². The van der Waals surface area contributed by atoms with Crippen LogP contribution in [0.2, 0.25) is 10.0 Å². The molecule has 0 spiro atoms. The minimum absolute atomic E-state index is 0.0625. The summed E-state index contributed by atoms with van der Waals surface area (Å²) in [7, 11) is 1.05. The average molecular weight is 450 g/mol. The van der Waals surface area contributed by atoms with Crippen molar-refractivity contribution in [2.75, 3.05) is 33.2 Å². The van der Waals surface area contributed by atoms with E-state index >= 15 is 0 Å². The van der Waals surface area contributed by atoms with Crippen molar-refractivity contribution < 1.29 is 32.2 Å². The highest BCUT2D eigenvalue weighted by Gasteiger charge is 2.26.